The second-order valence-corrected chi connectivity index (χ2v) is 23.1. The average Bonchev–Trinajstić information content (AvgIpc) is 3.46. The summed E-state index contributed by atoms with van der Waals surface area (Å²) >= 11 is 0. The molecule has 0 amide bonds. The van der Waals surface area contributed by atoms with Crippen LogP contribution in [-0.4, -0.2) is 89.2 Å². The van der Waals surface area contributed by atoms with Crippen molar-refractivity contribution in [1.29, 1.82) is 0 Å². The number of carboxylic acids is 1. The number of allylic oxidation sites excluding steroid dienone is 16. The molecule has 1 rings (SSSR count). The summed E-state index contributed by atoms with van der Waals surface area (Å²) in [7, 11) is 0. The molecule has 6 unspecified atom stereocenters. The molecular weight excluding hydrogens is 1070 g/mol. The molecule has 12 heteroatoms. The molecular formula is C73H122O12. The average molecular weight is 1190 g/mol. The molecule has 0 aromatic heterocycles. The highest BCUT2D eigenvalue weighted by molar-refractivity contribution is 5.74. The molecule has 0 bridgehead atoms. The van der Waals surface area contributed by atoms with Crippen molar-refractivity contribution in [2.24, 2.45) is 0 Å². The van der Waals surface area contributed by atoms with Crippen LogP contribution in [0, 0.1) is 0 Å². The number of carboxylic acid groups (broad SMARTS) is 1. The van der Waals surface area contributed by atoms with Gasteiger partial charge in [-0.2, -0.15) is 0 Å². The highest BCUT2D eigenvalue weighted by Crippen LogP contribution is 2.27. The van der Waals surface area contributed by atoms with Gasteiger partial charge in [0.2, 0.25) is 0 Å². The van der Waals surface area contributed by atoms with Crippen LogP contribution < -0.4 is 0 Å². The molecule has 0 radical (unpaired) electrons. The van der Waals surface area contributed by atoms with E-state index in [1.165, 1.54) is 77.0 Å². The maximum absolute atomic E-state index is 13.2. The van der Waals surface area contributed by atoms with Gasteiger partial charge in [0.25, 0.3) is 0 Å². The molecule has 1 heterocycles. The van der Waals surface area contributed by atoms with E-state index in [0.717, 1.165) is 154 Å². The Hall–Kier alpha value is -4.36. The number of aliphatic carboxylic acids is 1. The van der Waals surface area contributed by atoms with Crippen LogP contribution in [0.4, 0.5) is 0 Å². The van der Waals surface area contributed by atoms with Crippen molar-refractivity contribution in [3.8, 4) is 0 Å². The minimum Gasteiger partial charge on any atom is -0.479 e. The Morgan fingerprint density at radius 1 is 0.400 bits per heavy atom. The highest BCUT2D eigenvalue weighted by atomic mass is 16.7. The summed E-state index contributed by atoms with van der Waals surface area (Å²) in [5.74, 6) is -3.14. The summed E-state index contributed by atoms with van der Waals surface area (Å²) in [6.07, 6.45) is 67.8. The molecule has 85 heavy (non-hydrogen) atoms. The topological polar surface area (TPSA) is 175 Å². The van der Waals surface area contributed by atoms with Crippen molar-refractivity contribution in [3.05, 3.63) is 97.2 Å². The fourth-order valence-electron chi connectivity index (χ4n) is 10.00. The van der Waals surface area contributed by atoms with Gasteiger partial charge in [0, 0.05) is 19.3 Å². The first kappa shape index (κ1) is 78.7. The Morgan fingerprint density at radius 3 is 1.13 bits per heavy atom. The third-order valence-corrected chi connectivity index (χ3v) is 15.2. The molecule has 1 aliphatic heterocycles. The van der Waals surface area contributed by atoms with Crippen molar-refractivity contribution in [3.63, 3.8) is 0 Å². The third kappa shape index (κ3) is 49.3. The van der Waals surface area contributed by atoms with Crippen molar-refractivity contribution >= 4 is 23.9 Å². The second-order valence-electron chi connectivity index (χ2n) is 23.1. The zero-order chi connectivity index (χ0) is 61.7. The van der Waals surface area contributed by atoms with Crippen LogP contribution in [0.5, 0.6) is 0 Å². The largest absolute Gasteiger partial charge is 0.479 e. The van der Waals surface area contributed by atoms with E-state index in [2.05, 4.69) is 118 Å². The van der Waals surface area contributed by atoms with E-state index in [4.69, 9.17) is 23.7 Å². The zero-order valence-corrected chi connectivity index (χ0v) is 53.8. The second kappa shape index (κ2) is 59.9. The lowest BCUT2D eigenvalue weighted by atomic mass is 9.98. The van der Waals surface area contributed by atoms with Crippen LogP contribution in [0.1, 0.15) is 290 Å². The normalized spacial score (nSPS) is 18.1. The van der Waals surface area contributed by atoms with Gasteiger partial charge in [-0.15, -0.1) is 0 Å². The van der Waals surface area contributed by atoms with Crippen LogP contribution in [0.2, 0.25) is 0 Å². The number of hydrogen-bond donors (Lipinski definition) is 3. The lowest BCUT2D eigenvalue weighted by Gasteiger charge is -2.40. The van der Waals surface area contributed by atoms with Crippen LogP contribution in [0.15, 0.2) is 97.2 Å². The molecule has 0 aliphatic carbocycles. The first-order valence-corrected chi connectivity index (χ1v) is 34.2. The minimum atomic E-state index is -1.91. The fourth-order valence-corrected chi connectivity index (χ4v) is 10.00. The number of carbonyl (C=O) groups excluding carboxylic acids is 3. The molecule has 0 aromatic carbocycles. The summed E-state index contributed by atoms with van der Waals surface area (Å²) in [4.78, 5) is 51.5. The Kier molecular flexibility index (Phi) is 55.5. The summed E-state index contributed by atoms with van der Waals surface area (Å²) in [5.41, 5.74) is 0. The van der Waals surface area contributed by atoms with Crippen LogP contribution in [0.25, 0.3) is 0 Å². The summed E-state index contributed by atoms with van der Waals surface area (Å²) in [6, 6.07) is 0. The number of aliphatic hydroxyl groups excluding tert-OH is 2. The zero-order valence-electron chi connectivity index (χ0n) is 53.8. The number of rotatable bonds is 58. The van der Waals surface area contributed by atoms with Crippen molar-refractivity contribution < 1.29 is 58.2 Å². The maximum Gasteiger partial charge on any atom is 0.335 e. The Labute approximate surface area is 517 Å². The van der Waals surface area contributed by atoms with E-state index in [0.29, 0.717) is 19.3 Å². The maximum atomic E-state index is 13.2. The monoisotopic (exact) mass is 1190 g/mol. The SMILES string of the molecule is CC/C=C\C/C=C\C/C=C\C/C=C\CCCCCCCCC(=O)OCC(COC1OC(C(=O)O)C(O)C(O)C1OC(=O)CCCCCCCCCCCCCCCCCCC)OC(=O)CCCCCCCC/C=C\C/C=C\C/C=C\C/C=C\CC. The molecule has 0 aromatic rings. The molecule has 0 saturated carbocycles. The van der Waals surface area contributed by atoms with Gasteiger partial charge >= 0.3 is 23.9 Å². The number of unbranched alkanes of at least 4 members (excludes halogenated alkanes) is 28. The molecule has 486 valence electrons. The lowest BCUT2D eigenvalue weighted by Crippen LogP contribution is -2.61. The van der Waals surface area contributed by atoms with Crippen molar-refractivity contribution in [2.45, 2.75) is 327 Å². The standard InChI is InChI=1S/C73H122O12/c1-4-7-10-13-16-19-22-25-28-31-33-36-38-41-44-47-50-53-56-59-65(74)81-62-64(83-66(75)60-57-54-51-48-45-42-40-37-34-32-29-26-23-20-17-14-11-8-5-2)63-82-73-71(69(78)68(77)70(85-73)72(79)80)84-67(76)61-58-55-52-49-46-43-39-35-30-27-24-21-18-15-12-9-6-3/h7-8,10-11,16-17,19-20,25-26,28-29,33-34,36-37,64,68-71,73,77-78H,4-6,9,12-15,18,21-24,27,30-32,35,38-63H2,1-3H3,(H,79,80)/b10-7-,11-8-,19-16-,20-17-,28-25-,29-26-,36-33-,37-34-. The van der Waals surface area contributed by atoms with Gasteiger partial charge in [0.15, 0.2) is 24.6 Å². The number of carbonyl (C=O) groups is 4. The van der Waals surface area contributed by atoms with E-state index in [9.17, 15) is 34.5 Å². The van der Waals surface area contributed by atoms with E-state index >= 15 is 0 Å². The van der Waals surface area contributed by atoms with Crippen molar-refractivity contribution in [1.82, 2.24) is 0 Å². The number of ether oxygens (including phenoxy) is 5. The highest BCUT2D eigenvalue weighted by Gasteiger charge is 2.50. The fraction of sp³-hybridized carbons (Fsp3) is 0.726. The number of esters is 3. The van der Waals surface area contributed by atoms with Gasteiger partial charge in [-0.1, -0.05) is 272 Å². The van der Waals surface area contributed by atoms with E-state index < -0.39 is 67.3 Å². The van der Waals surface area contributed by atoms with Crippen LogP contribution >= 0.6 is 0 Å². The van der Waals surface area contributed by atoms with Crippen LogP contribution in [0.3, 0.4) is 0 Å². The number of hydrogen-bond acceptors (Lipinski definition) is 11. The molecule has 1 saturated heterocycles. The molecule has 0 spiro atoms. The smallest absolute Gasteiger partial charge is 0.335 e. The Morgan fingerprint density at radius 2 is 0.741 bits per heavy atom. The molecule has 12 nitrogen and oxygen atoms in total. The predicted molar refractivity (Wildman–Crippen MR) is 349 cm³/mol. The quantitative estimate of drug-likeness (QED) is 0.0228. The minimum absolute atomic E-state index is 0.0574. The van der Waals surface area contributed by atoms with E-state index in [1.807, 2.05) is 0 Å². The third-order valence-electron chi connectivity index (χ3n) is 15.2. The van der Waals surface area contributed by atoms with Gasteiger partial charge in [0.1, 0.15) is 18.8 Å². The van der Waals surface area contributed by atoms with Gasteiger partial charge in [-0.3, -0.25) is 14.4 Å². The Balaban J connectivity index is 2.66. The van der Waals surface area contributed by atoms with Gasteiger partial charge < -0.3 is 39.0 Å². The summed E-state index contributed by atoms with van der Waals surface area (Å²) < 4.78 is 28.6. The van der Waals surface area contributed by atoms with Gasteiger partial charge in [-0.05, 0) is 96.3 Å². The van der Waals surface area contributed by atoms with Gasteiger partial charge in [0.05, 0.1) is 6.61 Å². The molecule has 1 aliphatic rings. The van der Waals surface area contributed by atoms with E-state index in [-0.39, 0.29) is 25.9 Å². The van der Waals surface area contributed by atoms with Crippen molar-refractivity contribution in [2.75, 3.05) is 13.2 Å². The molecule has 6 atom stereocenters. The molecule has 1 fully saturated rings. The van der Waals surface area contributed by atoms with E-state index in [1.54, 1.807) is 0 Å². The summed E-state index contributed by atoms with van der Waals surface area (Å²) in [6.45, 7) is 5.79. The summed E-state index contributed by atoms with van der Waals surface area (Å²) in [5, 5.41) is 31.7. The lowest BCUT2D eigenvalue weighted by molar-refractivity contribution is -0.301. The van der Waals surface area contributed by atoms with Gasteiger partial charge in [-0.25, -0.2) is 4.79 Å². The first-order chi connectivity index (χ1) is 41.6. The first-order valence-electron chi connectivity index (χ1n) is 34.2. The predicted octanol–water partition coefficient (Wildman–Crippen LogP) is 18.8. The molecule has 3 N–H and O–H groups in total. The Bertz CT molecular complexity index is 1840. The number of aliphatic hydroxyl groups is 2. The van der Waals surface area contributed by atoms with Crippen LogP contribution in [-0.2, 0) is 42.9 Å².